The number of aliphatic hydroxyl groups is 1. The van der Waals surface area contributed by atoms with E-state index in [2.05, 4.69) is 15.0 Å². The topological polar surface area (TPSA) is 78.9 Å². The van der Waals surface area contributed by atoms with Crippen molar-refractivity contribution >= 4 is 12.4 Å². The van der Waals surface area contributed by atoms with E-state index in [4.69, 9.17) is 0 Å². The molecule has 0 bridgehead atoms. The molecule has 0 aromatic rings. The Morgan fingerprint density at radius 3 is 2.41 bits per heavy atom. The predicted octanol–water partition coefficient (Wildman–Crippen LogP) is 0.00430. The molecule has 6 heteroatoms. The predicted molar refractivity (Wildman–Crippen MR) is 63.8 cm³/mol. The number of hydrogen-bond acceptors (Lipinski definition) is 5. The molecule has 0 saturated heterocycles. The van der Waals surface area contributed by atoms with Crippen LogP contribution in [0.2, 0.25) is 0 Å². The van der Waals surface area contributed by atoms with E-state index in [0.717, 1.165) is 13.1 Å². The third-order valence-electron chi connectivity index (χ3n) is 2.81. The number of methoxy groups -OCH3 is 1. The number of rotatable bonds is 8. The summed E-state index contributed by atoms with van der Waals surface area (Å²) in [6, 6.07) is 0. The summed E-state index contributed by atoms with van der Waals surface area (Å²) < 4.78 is 4.44. The molecule has 0 aromatic heterocycles. The van der Waals surface area contributed by atoms with Crippen molar-refractivity contribution < 1.29 is 19.4 Å². The zero-order valence-corrected chi connectivity index (χ0v) is 10.7. The minimum Gasteiger partial charge on any atom is -0.453 e. The maximum atomic E-state index is 11.1. The Labute approximate surface area is 102 Å². The molecular formula is C11H22N2O4. The Balaban J connectivity index is 4.49. The van der Waals surface area contributed by atoms with Crippen molar-refractivity contribution in [3.63, 3.8) is 0 Å². The first-order chi connectivity index (χ1) is 8.07. The third kappa shape index (κ3) is 5.14. The van der Waals surface area contributed by atoms with Crippen LogP contribution in [0.25, 0.3) is 0 Å². The molecule has 0 heterocycles. The second kappa shape index (κ2) is 8.03. The Kier molecular flexibility index (Phi) is 7.49. The van der Waals surface area contributed by atoms with Gasteiger partial charge in [-0.3, -0.25) is 0 Å². The lowest BCUT2D eigenvalue weighted by molar-refractivity contribution is -0.115. The molecule has 17 heavy (non-hydrogen) atoms. The fourth-order valence-corrected chi connectivity index (χ4v) is 1.46. The van der Waals surface area contributed by atoms with E-state index >= 15 is 0 Å². The highest BCUT2D eigenvalue weighted by atomic mass is 16.5. The molecule has 0 aliphatic rings. The van der Waals surface area contributed by atoms with Crippen LogP contribution in [0.3, 0.4) is 0 Å². The Bertz CT molecular complexity index is 244. The van der Waals surface area contributed by atoms with Gasteiger partial charge in [-0.15, -0.1) is 0 Å². The molecule has 2 N–H and O–H groups in total. The van der Waals surface area contributed by atoms with Gasteiger partial charge in [0.2, 0.25) is 0 Å². The van der Waals surface area contributed by atoms with E-state index in [1.165, 1.54) is 7.11 Å². The second-order valence-corrected chi connectivity index (χ2v) is 3.83. The highest BCUT2D eigenvalue weighted by Crippen LogP contribution is 2.08. The number of nitrogens with one attached hydrogen (secondary N) is 1. The van der Waals surface area contributed by atoms with Gasteiger partial charge in [-0.1, -0.05) is 13.8 Å². The first kappa shape index (κ1) is 15.9. The fraction of sp³-hybridized carbons (Fsp3) is 0.818. The van der Waals surface area contributed by atoms with Crippen molar-refractivity contribution in [1.82, 2.24) is 10.2 Å². The number of hydrogen-bond donors (Lipinski definition) is 2. The number of nitrogens with zero attached hydrogens (tertiary/aromatic N) is 1. The molecule has 0 fully saturated rings. The minimum absolute atomic E-state index is 0.351. The van der Waals surface area contributed by atoms with Gasteiger partial charge in [0, 0.05) is 6.54 Å². The molecule has 1 amide bonds. The van der Waals surface area contributed by atoms with Gasteiger partial charge < -0.3 is 24.9 Å². The summed E-state index contributed by atoms with van der Waals surface area (Å²) in [6.45, 7) is 5.92. The van der Waals surface area contributed by atoms with Crippen LogP contribution in [0.4, 0.5) is 4.79 Å². The molecule has 0 saturated carbocycles. The molecule has 1 unspecified atom stereocenters. The monoisotopic (exact) mass is 246 g/mol. The molecule has 6 nitrogen and oxygen atoms in total. The van der Waals surface area contributed by atoms with Crippen molar-refractivity contribution in [3.05, 3.63) is 0 Å². The number of carbonyl (C=O) groups is 2. The first-order valence-corrected chi connectivity index (χ1v) is 5.73. The maximum absolute atomic E-state index is 11.1. The van der Waals surface area contributed by atoms with Crippen molar-refractivity contribution in [3.8, 4) is 0 Å². The van der Waals surface area contributed by atoms with Crippen molar-refractivity contribution in [1.29, 1.82) is 0 Å². The Morgan fingerprint density at radius 2 is 2.06 bits per heavy atom. The number of ether oxygens (including phenoxy) is 1. The standard InChI is InChI=1S/C11H22N2O4/c1-4-13(5-2)7-6-11(8-14,9-15)12-10(16)17-3/h8,15H,4-7,9H2,1-3H3,(H,12,16). The maximum Gasteiger partial charge on any atom is 0.407 e. The average molecular weight is 246 g/mol. The molecular weight excluding hydrogens is 224 g/mol. The summed E-state index contributed by atoms with van der Waals surface area (Å²) >= 11 is 0. The molecule has 0 aliphatic carbocycles. The minimum atomic E-state index is -1.25. The molecule has 1 atom stereocenters. The van der Waals surface area contributed by atoms with Gasteiger partial charge >= 0.3 is 6.09 Å². The molecule has 0 rings (SSSR count). The highest BCUT2D eigenvalue weighted by molar-refractivity contribution is 5.76. The van der Waals surface area contributed by atoms with E-state index in [0.29, 0.717) is 19.3 Å². The number of alkyl carbamates (subject to hydrolysis) is 1. The van der Waals surface area contributed by atoms with Crippen LogP contribution >= 0.6 is 0 Å². The molecule has 100 valence electrons. The van der Waals surface area contributed by atoms with Crippen LogP contribution in [-0.4, -0.2) is 61.3 Å². The zero-order valence-electron chi connectivity index (χ0n) is 10.7. The highest BCUT2D eigenvalue weighted by Gasteiger charge is 2.31. The zero-order chi connectivity index (χ0) is 13.3. The SMILES string of the molecule is CCN(CC)CCC(C=O)(CO)NC(=O)OC. The van der Waals surface area contributed by atoms with Crippen LogP contribution in [0, 0.1) is 0 Å². The lowest BCUT2D eigenvalue weighted by atomic mass is 9.98. The molecule has 0 aliphatic heterocycles. The van der Waals surface area contributed by atoms with Gasteiger partial charge in [-0.2, -0.15) is 0 Å². The average Bonchev–Trinajstić information content (AvgIpc) is 2.38. The normalized spacial score (nSPS) is 14.2. The smallest absolute Gasteiger partial charge is 0.407 e. The van der Waals surface area contributed by atoms with Gasteiger partial charge in [-0.05, 0) is 19.5 Å². The van der Waals surface area contributed by atoms with E-state index in [-0.39, 0.29) is 0 Å². The summed E-state index contributed by atoms with van der Waals surface area (Å²) in [6.07, 6.45) is 0.197. The van der Waals surface area contributed by atoms with E-state index < -0.39 is 18.2 Å². The van der Waals surface area contributed by atoms with E-state index in [9.17, 15) is 14.7 Å². The van der Waals surface area contributed by atoms with Crippen LogP contribution in [0.1, 0.15) is 20.3 Å². The third-order valence-corrected chi connectivity index (χ3v) is 2.81. The lowest BCUT2D eigenvalue weighted by Crippen LogP contribution is -2.54. The van der Waals surface area contributed by atoms with Crippen LogP contribution < -0.4 is 5.32 Å². The summed E-state index contributed by atoms with van der Waals surface area (Å²) in [4.78, 5) is 24.3. The van der Waals surface area contributed by atoms with Crippen LogP contribution in [0.15, 0.2) is 0 Å². The quantitative estimate of drug-likeness (QED) is 0.590. The molecule has 0 aromatic carbocycles. The number of aldehydes is 1. The second-order valence-electron chi connectivity index (χ2n) is 3.83. The fourth-order valence-electron chi connectivity index (χ4n) is 1.46. The van der Waals surface area contributed by atoms with Crippen molar-refractivity contribution in [2.24, 2.45) is 0 Å². The van der Waals surface area contributed by atoms with Crippen molar-refractivity contribution in [2.75, 3.05) is 33.4 Å². The summed E-state index contributed by atoms with van der Waals surface area (Å²) in [7, 11) is 1.21. The summed E-state index contributed by atoms with van der Waals surface area (Å²) in [5, 5.41) is 11.6. The van der Waals surface area contributed by atoms with Gasteiger partial charge in [0.05, 0.1) is 13.7 Å². The Morgan fingerprint density at radius 1 is 1.47 bits per heavy atom. The van der Waals surface area contributed by atoms with Crippen LogP contribution in [0.5, 0.6) is 0 Å². The first-order valence-electron chi connectivity index (χ1n) is 5.73. The van der Waals surface area contributed by atoms with Gasteiger partial charge in [0.25, 0.3) is 0 Å². The summed E-state index contributed by atoms with van der Waals surface area (Å²) in [5.74, 6) is 0. The molecule has 0 radical (unpaired) electrons. The van der Waals surface area contributed by atoms with Crippen molar-refractivity contribution in [2.45, 2.75) is 25.8 Å². The van der Waals surface area contributed by atoms with E-state index in [1.807, 2.05) is 13.8 Å². The lowest BCUT2D eigenvalue weighted by Gasteiger charge is -2.29. The van der Waals surface area contributed by atoms with Gasteiger partial charge in [0.15, 0.2) is 0 Å². The van der Waals surface area contributed by atoms with Gasteiger partial charge in [-0.25, -0.2) is 4.79 Å². The van der Waals surface area contributed by atoms with Gasteiger partial charge in [0.1, 0.15) is 11.8 Å². The largest absolute Gasteiger partial charge is 0.453 e. The van der Waals surface area contributed by atoms with Crippen LogP contribution in [-0.2, 0) is 9.53 Å². The van der Waals surface area contributed by atoms with E-state index in [1.54, 1.807) is 0 Å². The number of carbonyl (C=O) groups excluding carboxylic acids is 2. The number of amides is 1. The number of aliphatic hydroxyl groups excluding tert-OH is 1. The Hall–Kier alpha value is -1.14. The molecule has 0 spiro atoms. The summed E-state index contributed by atoms with van der Waals surface area (Å²) in [5.41, 5.74) is -1.25.